The van der Waals surface area contributed by atoms with Crippen LogP contribution in [0.4, 0.5) is 0 Å². The molecule has 0 aromatic heterocycles. The molecule has 0 amide bonds. The summed E-state index contributed by atoms with van der Waals surface area (Å²) in [6, 6.07) is 6.26. The van der Waals surface area contributed by atoms with Crippen molar-refractivity contribution in [1.29, 1.82) is 0 Å². The SMILES string of the molecule is CN(C)C(C1=NCCN1)c1ccc2c(c1)OCCO2. The van der Waals surface area contributed by atoms with Crippen molar-refractivity contribution in [3.8, 4) is 11.5 Å². The number of rotatable bonds is 3. The van der Waals surface area contributed by atoms with Crippen LogP contribution in [-0.4, -0.2) is 51.1 Å². The highest BCUT2D eigenvalue weighted by molar-refractivity contribution is 5.89. The van der Waals surface area contributed by atoms with Gasteiger partial charge in [-0.25, -0.2) is 0 Å². The Labute approximate surface area is 113 Å². The number of nitrogens with one attached hydrogen (secondary N) is 1. The molecule has 0 saturated carbocycles. The number of aliphatic imine (C=N–C) groups is 1. The summed E-state index contributed by atoms with van der Waals surface area (Å²) in [5, 5.41) is 3.35. The third kappa shape index (κ3) is 2.38. The number of hydrogen-bond donors (Lipinski definition) is 1. The predicted molar refractivity (Wildman–Crippen MR) is 74.2 cm³/mol. The average Bonchev–Trinajstić information content (AvgIpc) is 2.92. The van der Waals surface area contributed by atoms with E-state index in [1.165, 1.54) is 5.56 Å². The second kappa shape index (κ2) is 5.09. The van der Waals surface area contributed by atoms with Crippen LogP contribution >= 0.6 is 0 Å². The van der Waals surface area contributed by atoms with Crippen LogP contribution in [0.25, 0.3) is 0 Å². The van der Waals surface area contributed by atoms with E-state index in [2.05, 4.69) is 41.4 Å². The monoisotopic (exact) mass is 261 g/mol. The lowest BCUT2D eigenvalue weighted by atomic mass is 10.0. The van der Waals surface area contributed by atoms with E-state index in [4.69, 9.17) is 9.47 Å². The van der Waals surface area contributed by atoms with Crippen molar-refractivity contribution >= 4 is 5.84 Å². The summed E-state index contributed by atoms with van der Waals surface area (Å²) in [6.07, 6.45) is 0. The Hall–Kier alpha value is -1.75. The first kappa shape index (κ1) is 12.3. The van der Waals surface area contributed by atoms with E-state index in [0.717, 1.165) is 30.4 Å². The van der Waals surface area contributed by atoms with Gasteiger partial charge in [-0.2, -0.15) is 0 Å². The van der Waals surface area contributed by atoms with Gasteiger partial charge in [0.05, 0.1) is 12.6 Å². The van der Waals surface area contributed by atoms with Gasteiger partial charge in [0, 0.05) is 6.54 Å². The maximum absolute atomic E-state index is 5.65. The van der Waals surface area contributed by atoms with Gasteiger partial charge in [0.2, 0.25) is 0 Å². The Kier molecular flexibility index (Phi) is 3.29. The molecule has 19 heavy (non-hydrogen) atoms. The highest BCUT2D eigenvalue weighted by Crippen LogP contribution is 2.34. The minimum Gasteiger partial charge on any atom is -0.486 e. The van der Waals surface area contributed by atoms with E-state index in [-0.39, 0.29) is 6.04 Å². The summed E-state index contributed by atoms with van der Waals surface area (Å²) < 4.78 is 11.2. The summed E-state index contributed by atoms with van der Waals surface area (Å²) in [7, 11) is 4.12. The van der Waals surface area contributed by atoms with Crippen molar-refractivity contribution in [2.75, 3.05) is 40.4 Å². The summed E-state index contributed by atoms with van der Waals surface area (Å²) in [4.78, 5) is 6.69. The van der Waals surface area contributed by atoms with E-state index < -0.39 is 0 Å². The minimum absolute atomic E-state index is 0.137. The van der Waals surface area contributed by atoms with Crippen molar-refractivity contribution in [1.82, 2.24) is 10.2 Å². The molecule has 1 atom stereocenters. The van der Waals surface area contributed by atoms with Crippen LogP contribution in [0, 0.1) is 0 Å². The van der Waals surface area contributed by atoms with Crippen LogP contribution in [0.1, 0.15) is 11.6 Å². The Balaban J connectivity index is 1.94. The van der Waals surface area contributed by atoms with Crippen LogP contribution in [0.2, 0.25) is 0 Å². The molecule has 1 aromatic rings. The lowest BCUT2D eigenvalue weighted by molar-refractivity contribution is 0.171. The van der Waals surface area contributed by atoms with Crippen LogP contribution in [-0.2, 0) is 0 Å². The van der Waals surface area contributed by atoms with Crippen LogP contribution < -0.4 is 14.8 Å². The summed E-state index contributed by atoms with van der Waals surface area (Å²) in [5.41, 5.74) is 1.17. The quantitative estimate of drug-likeness (QED) is 0.884. The topological polar surface area (TPSA) is 46.1 Å². The molecule has 0 aliphatic carbocycles. The molecule has 1 aromatic carbocycles. The van der Waals surface area contributed by atoms with Gasteiger partial charge in [-0.1, -0.05) is 6.07 Å². The number of benzene rings is 1. The average molecular weight is 261 g/mol. The third-order valence-electron chi connectivity index (χ3n) is 3.36. The number of nitrogens with zero attached hydrogens (tertiary/aromatic N) is 2. The molecule has 5 heteroatoms. The van der Waals surface area contributed by atoms with E-state index in [9.17, 15) is 0 Å². The van der Waals surface area contributed by atoms with Crippen LogP contribution in [0.3, 0.4) is 0 Å². The van der Waals surface area contributed by atoms with Gasteiger partial charge < -0.3 is 14.8 Å². The van der Waals surface area contributed by atoms with Crippen molar-refractivity contribution in [2.24, 2.45) is 4.99 Å². The van der Waals surface area contributed by atoms with E-state index in [1.54, 1.807) is 0 Å². The molecule has 2 aliphatic rings. The fourth-order valence-corrected chi connectivity index (χ4v) is 2.53. The molecule has 2 aliphatic heterocycles. The molecule has 0 spiro atoms. The molecule has 0 saturated heterocycles. The normalized spacial score (nSPS) is 19.0. The van der Waals surface area contributed by atoms with Crippen molar-refractivity contribution < 1.29 is 9.47 Å². The molecule has 0 radical (unpaired) electrons. The zero-order chi connectivity index (χ0) is 13.2. The van der Waals surface area contributed by atoms with Crippen molar-refractivity contribution in [2.45, 2.75) is 6.04 Å². The van der Waals surface area contributed by atoms with Crippen molar-refractivity contribution in [3.63, 3.8) is 0 Å². The number of hydrogen-bond acceptors (Lipinski definition) is 5. The predicted octanol–water partition coefficient (Wildman–Crippen LogP) is 1.06. The summed E-state index contributed by atoms with van der Waals surface area (Å²) >= 11 is 0. The third-order valence-corrected chi connectivity index (χ3v) is 3.36. The molecule has 1 N–H and O–H groups in total. The first-order valence-electron chi connectivity index (χ1n) is 6.60. The number of fused-ring (bicyclic) bond motifs is 1. The molecule has 102 valence electrons. The standard InChI is InChI=1S/C14H19N3O2/c1-17(2)13(14-15-5-6-16-14)10-3-4-11-12(9-10)19-8-7-18-11/h3-4,9,13H,5-8H2,1-2H3,(H,15,16). The largest absolute Gasteiger partial charge is 0.486 e. The minimum atomic E-state index is 0.137. The van der Waals surface area contributed by atoms with Crippen molar-refractivity contribution in [3.05, 3.63) is 23.8 Å². The maximum Gasteiger partial charge on any atom is 0.161 e. The molecule has 1 unspecified atom stereocenters. The number of ether oxygens (including phenoxy) is 2. The maximum atomic E-state index is 5.65. The lowest BCUT2D eigenvalue weighted by Crippen LogP contribution is -2.34. The van der Waals surface area contributed by atoms with E-state index in [0.29, 0.717) is 13.2 Å². The van der Waals surface area contributed by atoms with Gasteiger partial charge in [0.25, 0.3) is 0 Å². The van der Waals surface area contributed by atoms with Crippen LogP contribution in [0.15, 0.2) is 23.2 Å². The molecule has 3 rings (SSSR count). The van der Waals surface area contributed by atoms with E-state index in [1.807, 2.05) is 6.07 Å². The Morgan fingerprint density at radius 1 is 1.21 bits per heavy atom. The Morgan fingerprint density at radius 3 is 2.68 bits per heavy atom. The molecule has 2 heterocycles. The smallest absolute Gasteiger partial charge is 0.161 e. The number of amidine groups is 1. The lowest BCUT2D eigenvalue weighted by Gasteiger charge is -2.26. The second-order valence-electron chi connectivity index (χ2n) is 4.96. The van der Waals surface area contributed by atoms with Crippen LogP contribution in [0.5, 0.6) is 11.5 Å². The zero-order valence-corrected chi connectivity index (χ0v) is 11.3. The molecule has 5 nitrogen and oxygen atoms in total. The number of likely N-dealkylation sites (N-methyl/N-ethyl adjacent to an activating group) is 1. The van der Waals surface area contributed by atoms with Gasteiger partial charge in [-0.3, -0.25) is 9.89 Å². The second-order valence-corrected chi connectivity index (χ2v) is 4.96. The van der Waals surface area contributed by atoms with Gasteiger partial charge in [0.1, 0.15) is 19.0 Å². The highest BCUT2D eigenvalue weighted by atomic mass is 16.6. The highest BCUT2D eigenvalue weighted by Gasteiger charge is 2.24. The van der Waals surface area contributed by atoms with Gasteiger partial charge in [-0.05, 0) is 31.8 Å². The van der Waals surface area contributed by atoms with Gasteiger partial charge in [0.15, 0.2) is 11.5 Å². The van der Waals surface area contributed by atoms with Gasteiger partial charge >= 0.3 is 0 Å². The Morgan fingerprint density at radius 2 is 2.00 bits per heavy atom. The summed E-state index contributed by atoms with van der Waals surface area (Å²) in [5.74, 6) is 2.68. The molecular formula is C14H19N3O2. The zero-order valence-electron chi connectivity index (χ0n) is 11.3. The fourth-order valence-electron chi connectivity index (χ4n) is 2.53. The first-order valence-corrected chi connectivity index (χ1v) is 6.60. The molecular weight excluding hydrogens is 242 g/mol. The fraction of sp³-hybridized carbons (Fsp3) is 0.500. The van der Waals surface area contributed by atoms with Gasteiger partial charge in [-0.15, -0.1) is 0 Å². The van der Waals surface area contributed by atoms with E-state index >= 15 is 0 Å². The first-order chi connectivity index (χ1) is 9.25. The molecule has 0 bridgehead atoms. The molecule has 0 fully saturated rings. The Bertz CT molecular complexity index is 499. The summed E-state index contributed by atoms with van der Waals surface area (Å²) in [6.45, 7) is 3.01.